The van der Waals surface area contributed by atoms with Crippen molar-refractivity contribution in [3.05, 3.63) is 71.9 Å². The van der Waals surface area contributed by atoms with Crippen LogP contribution >= 0.6 is 0 Å². The number of carbonyl (C=O) groups is 3. The first-order valence-electron chi connectivity index (χ1n) is 11.0. The summed E-state index contributed by atoms with van der Waals surface area (Å²) in [6.07, 6.45) is 1.23. The fraction of sp³-hybridized carbons (Fsp3) is 0.346. The van der Waals surface area contributed by atoms with Gasteiger partial charge >= 0.3 is 18.0 Å². The van der Waals surface area contributed by atoms with Gasteiger partial charge in [0.05, 0.1) is 7.11 Å². The third-order valence-electron chi connectivity index (χ3n) is 5.01. The molecule has 3 aromatic rings. The van der Waals surface area contributed by atoms with E-state index in [1.54, 1.807) is 10.8 Å². The van der Waals surface area contributed by atoms with Crippen LogP contribution in [0.25, 0.3) is 10.9 Å². The van der Waals surface area contributed by atoms with Gasteiger partial charge in [-0.25, -0.2) is 9.59 Å². The van der Waals surface area contributed by atoms with Gasteiger partial charge in [0.15, 0.2) is 0 Å². The molecule has 0 aliphatic rings. The molecule has 3 rings (SSSR count). The van der Waals surface area contributed by atoms with Crippen LogP contribution in [-0.4, -0.2) is 41.4 Å². The summed E-state index contributed by atoms with van der Waals surface area (Å²) in [4.78, 5) is 37.2. The first kappa shape index (κ1) is 24.8. The lowest BCUT2D eigenvalue weighted by Gasteiger charge is -2.19. The average molecular weight is 467 g/mol. The van der Waals surface area contributed by atoms with Crippen LogP contribution in [0.4, 0.5) is 4.79 Å². The monoisotopic (exact) mass is 466 g/mol. The summed E-state index contributed by atoms with van der Waals surface area (Å²) in [5.74, 6) is -0.965. The summed E-state index contributed by atoms with van der Waals surface area (Å²) >= 11 is 0. The van der Waals surface area contributed by atoms with E-state index in [4.69, 9.17) is 14.2 Å². The van der Waals surface area contributed by atoms with Crippen LogP contribution in [0.2, 0.25) is 0 Å². The van der Waals surface area contributed by atoms with Crippen molar-refractivity contribution < 1.29 is 28.6 Å². The number of methoxy groups -OCH3 is 1. The van der Waals surface area contributed by atoms with Gasteiger partial charge in [-0.15, -0.1) is 0 Å². The van der Waals surface area contributed by atoms with Gasteiger partial charge in [-0.3, -0.25) is 4.79 Å². The number of nitrogens with zero attached hydrogens (tertiary/aromatic N) is 1. The number of alkyl carbamates (subject to hydrolysis) is 1. The quantitative estimate of drug-likeness (QED) is 0.398. The summed E-state index contributed by atoms with van der Waals surface area (Å²) in [5.41, 5.74) is 1.83. The second kappa shape index (κ2) is 10.9. The number of amides is 1. The third kappa shape index (κ3) is 6.84. The van der Waals surface area contributed by atoms with Gasteiger partial charge in [0.1, 0.15) is 24.8 Å². The van der Waals surface area contributed by atoms with Crippen LogP contribution < -0.4 is 5.32 Å². The highest BCUT2D eigenvalue weighted by atomic mass is 16.6. The summed E-state index contributed by atoms with van der Waals surface area (Å²) < 4.78 is 17.4. The lowest BCUT2D eigenvalue weighted by atomic mass is 10.1. The Labute approximate surface area is 198 Å². The maximum Gasteiger partial charge on any atom is 0.408 e. The van der Waals surface area contributed by atoms with Gasteiger partial charge < -0.3 is 24.1 Å². The minimum Gasteiger partial charge on any atom is -0.467 e. The topological polar surface area (TPSA) is 95.9 Å². The highest BCUT2D eigenvalue weighted by molar-refractivity contribution is 5.87. The molecule has 1 aromatic heterocycles. The zero-order chi connectivity index (χ0) is 24.7. The van der Waals surface area contributed by atoms with E-state index in [-0.39, 0.29) is 25.5 Å². The van der Waals surface area contributed by atoms with Crippen molar-refractivity contribution in [2.24, 2.45) is 0 Å². The number of benzene rings is 2. The maximum atomic E-state index is 12.4. The predicted molar refractivity (Wildman–Crippen MR) is 127 cm³/mol. The van der Waals surface area contributed by atoms with Crippen molar-refractivity contribution in [1.29, 1.82) is 0 Å². The minimum atomic E-state index is -0.964. The molecule has 1 amide bonds. The molecule has 0 radical (unpaired) electrons. The van der Waals surface area contributed by atoms with Gasteiger partial charge in [0, 0.05) is 23.5 Å². The smallest absolute Gasteiger partial charge is 0.408 e. The molecular weight excluding hydrogens is 436 g/mol. The molecule has 0 fully saturated rings. The van der Waals surface area contributed by atoms with E-state index in [9.17, 15) is 14.4 Å². The Bertz CT molecular complexity index is 1150. The highest BCUT2D eigenvalue weighted by Gasteiger charge is 2.25. The standard InChI is InChI=1S/C26H30N2O6/c1-26(2,3)34-23(29)16-28-15-19(20-12-8-9-13-22(20)28)14-21(24(30)32-4)27-25(31)33-17-18-10-6-5-7-11-18/h5-13,15,21H,14,16-17H2,1-4H3,(H,27,31)/t21-/m0/s1. The van der Waals surface area contributed by atoms with Gasteiger partial charge in [-0.05, 0) is 38.0 Å². The van der Waals surface area contributed by atoms with E-state index in [2.05, 4.69) is 5.32 Å². The van der Waals surface area contributed by atoms with Crippen LogP contribution in [-0.2, 0) is 43.4 Å². The van der Waals surface area contributed by atoms with Gasteiger partial charge in [0.2, 0.25) is 0 Å². The molecule has 1 heterocycles. The molecule has 0 saturated heterocycles. The van der Waals surface area contributed by atoms with E-state index < -0.39 is 23.7 Å². The molecule has 8 nitrogen and oxygen atoms in total. The molecule has 1 atom stereocenters. The van der Waals surface area contributed by atoms with Crippen molar-refractivity contribution >= 4 is 28.9 Å². The molecule has 0 unspecified atom stereocenters. The second-order valence-electron chi connectivity index (χ2n) is 8.87. The summed E-state index contributed by atoms with van der Waals surface area (Å²) in [6, 6.07) is 15.8. The molecule has 0 bridgehead atoms. The Morgan fingerprint density at radius 3 is 2.35 bits per heavy atom. The summed E-state index contributed by atoms with van der Waals surface area (Å²) in [6.45, 7) is 5.54. The normalized spacial score (nSPS) is 12.1. The largest absolute Gasteiger partial charge is 0.467 e. The molecule has 180 valence electrons. The number of nitrogens with one attached hydrogen (secondary N) is 1. The number of carbonyl (C=O) groups excluding carboxylic acids is 3. The third-order valence-corrected chi connectivity index (χ3v) is 5.01. The van der Waals surface area contributed by atoms with E-state index in [1.807, 2.05) is 75.4 Å². The average Bonchev–Trinajstić information content (AvgIpc) is 3.13. The predicted octanol–water partition coefficient (Wildman–Crippen LogP) is 3.99. The van der Waals surface area contributed by atoms with Crippen molar-refractivity contribution in [2.75, 3.05) is 7.11 Å². The van der Waals surface area contributed by atoms with Crippen LogP contribution in [0.5, 0.6) is 0 Å². The van der Waals surface area contributed by atoms with E-state index >= 15 is 0 Å². The number of rotatable bonds is 8. The zero-order valence-corrected chi connectivity index (χ0v) is 19.9. The molecule has 2 aromatic carbocycles. The summed E-state index contributed by atoms with van der Waals surface area (Å²) in [5, 5.41) is 3.46. The van der Waals surface area contributed by atoms with Gasteiger partial charge in [-0.1, -0.05) is 48.5 Å². The number of esters is 2. The molecule has 1 N–H and O–H groups in total. The van der Waals surface area contributed by atoms with Crippen molar-refractivity contribution in [3.8, 4) is 0 Å². The Balaban J connectivity index is 1.76. The number of para-hydroxylation sites is 1. The van der Waals surface area contributed by atoms with Crippen LogP contribution in [0, 0.1) is 0 Å². The van der Waals surface area contributed by atoms with E-state index in [0.717, 1.165) is 22.0 Å². The number of ether oxygens (including phenoxy) is 3. The zero-order valence-electron chi connectivity index (χ0n) is 19.9. The van der Waals surface area contributed by atoms with Crippen LogP contribution in [0.15, 0.2) is 60.8 Å². The Morgan fingerprint density at radius 2 is 1.68 bits per heavy atom. The second-order valence-corrected chi connectivity index (χ2v) is 8.87. The fourth-order valence-electron chi connectivity index (χ4n) is 3.59. The van der Waals surface area contributed by atoms with Crippen LogP contribution in [0.1, 0.15) is 31.9 Å². The molecule has 0 aliphatic carbocycles. The molecular formula is C26H30N2O6. The van der Waals surface area contributed by atoms with Gasteiger partial charge in [0.25, 0.3) is 0 Å². The lowest BCUT2D eigenvalue weighted by molar-refractivity contribution is -0.155. The summed E-state index contributed by atoms with van der Waals surface area (Å²) in [7, 11) is 1.26. The molecule has 8 heteroatoms. The van der Waals surface area contributed by atoms with Crippen molar-refractivity contribution in [3.63, 3.8) is 0 Å². The highest BCUT2D eigenvalue weighted by Crippen LogP contribution is 2.23. The SMILES string of the molecule is COC(=O)[C@H](Cc1cn(CC(=O)OC(C)(C)C)c2ccccc12)NC(=O)OCc1ccccc1. The first-order chi connectivity index (χ1) is 16.2. The number of hydrogen-bond acceptors (Lipinski definition) is 6. The molecule has 0 spiro atoms. The molecule has 34 heavy (non-hydrogen) atoms. The van der Waals surface area contributed by atoms with Crippen LogP contribution in [0.3, 0.4) is 0 Å². The number of aromatic nitrogens is 1. The lowest BCUT2D eigenvalue weighted by Crippen LogP contribution is -2.43. The van der Waals surface area contributed by atoms with E-state index in [1.165, 1.54) is 7.11 Å². The van der Waals surface area contributed by atoms with Crippen molar-refractivity contribution in [2.45, 2.75) is 52.0 Å². The minimum absolute atomic E-state index is 0.0211. The van der Waals surface area contributed by atoms with Crippen molar-refractivity contribution in [1.82, 2.24) is 9.88 Å². The molecule has 0 saturated carbocycles. The first-order valence-corrected chi connectivity index (χ1v) is 11.0. The Hall–Kier alpha value is -3.81. The van der Waals surface area contributed by atoms with E-state index in [0.29, 0.717) is 0 Å². The Morgan fingerprint density at radius 1 is 1.00 bits per heavy atom. The number of fused-ring (bicyclic) bond motifs is 1. The van der Waals surface area contributed by atoms with Gasteiger partial charge in [-0.2, -0.15) is 0 Å². The maximum absolute atomic E-state index is 12.4. The Kier molecular flexibility index (Phi) is 7.94. The molecule has 0 aliphatic heterocycles. The number of hydrogen-bond donors (Lipinski definition) is 1. The fourth-order valence-corrected chi connectivity index (χ4v) is 3.59.